The molecule has 0 N–H and O–H groups in total. The SMILES string of the molecule is CCCN1C(=O)c2oc3cc(C)cc(C)c3c(=O)c2C1c1ccc(OCC)c(OC)c1. The van der Waals surface area contributed by atoms with Crippen molar-refractivity contribution in [1.29, 1.82) is 0 Å². The third-order valence-electron chi connectivity index (χ3n) is 5.68. The Morgan fingerprint density at radius 1 is 1.06 bits per heavy atom. The lowest BCUT2D eigenvalue weighted by Gasteiger charge is -2.25. The highest BCUT2D eigenvalue weighted by atomic mass is 16.5. The number of methoxy groups -OCH3 is 1. The highest BCUT2D eigenvalue weighted by molar-refractivity contribution is 5.99. The number of ether oxygens (including phenoxy) is 2. The van der Waals surface area contributed by atoms with Gasteiger partial charge in [0.05, 0.1) is 30.7 Å². The van der Waals surface area contributed by atoms with Gasteiger partial charge in [-0.15, -0.1) is 0 Å². The summed E-state index contributed by atoms with van der Waals surface area (Å²) in [5.41, 5.74) is 3.31. The van der Waals surface area contributed by atoms with Crippen molar-refractivity contribution in [2.75, 3.05) is 20.3 Å². The Kier molecular flexibility index (Phi) is 5.48. The average Bonchev–Trinajstić information content (AvgIpc) is 3.01. The maximum atomic E-state index is 13.7. The molecule has 0 fully saturated rings. The first kappa shape index (κ1) is 21.0. The second-order valence-corrected chi connectivity index (χ2v) is 7.87. The third-order valence-corrected chi connectivity index (χ3v) is 5.68. The molecule has 1 aliphatic heterocycles. The molecule has 3 aromatic rings. The minimum Gasteiger partial charge on any atom is -0.493 e. The normalized spacial score (nSPS) is 15.5. The lowest BCUT2D eigenvalue weighted by molar-refractivity contribution is 0.0728. The fraction of sp³-hybridized carbons (Fsp3) is 0.360. The van der Waals surface area contributed by atoms with Crippen LogP contribution in [0.5, 0.6) is 11.5 Å². The van der Waals surface area contributed by atoms with Gasteiger partial charge >= 0.3 is 0 Å². The Labute approximate surface area is 181 Å². The monoisotopic (exact) mass is 421 g/mol. The Bertz CT molecular complexity index is 1230. The summed E-state index contributed by atoms with van der Waals surface area (Å²) < 4.78 is 17.2. The van der Waals surface area contributed by atoms with Crippen molar-refractivity contribution in [3.8, 4) is 11.5 Å². The van der Waals surface area contributed by atoms with Gasteiger partial charge in [-0.05, 0) is 62.1 Å². The summed E-state index contributed by atoms with van der Waals surface area (Å²) in [6.45, 7) is 8.77. The Morgan fingerprint density at radius 2 is 1.84 bits per heavy atom. The number of hydrogen-bond acceptors (Lipinski definition) is 5. The van der Waals surface area contributed by atoms with Gasteiger partial charge in [-0.3, -0.25) is 9.59 Å². The predicted octanol–water partition coefficient (Wildman–Crippen LogP) is 4.77. The second-order valence-electron chi connectivity index (χ2n) is 7.87. The van der Waals surface area contributed by atoms with Gasteiger partial charge < -0.3 is 18.8 Å². The summed E-state index contributed by atoms with van der Waals surface area (Å²) in [4.78, 5) is 28.7. The number of carbonyl (C=O) groups is 1. The molecule has 0 spiro atoms. The molecule has 0 saturated carbocycles. The highest BCUT2D eigenvalue weighted by Gasteiger charge is 2.42. The van der Waals surface area contributed by atoms with E-state index in [-0.39, 0.29) is 17.1 Å². The molecule has 162 valence electrons. The number of amides is 1. The topological polar surface area (TPSA) is 69.0 Å². The molecule has 1 amide bonds. The standard InChI is InChI=1S/C25H27NO5/c1-6-10-26-22(16-8-9-17(30-7-2)18(13-16)29-5)21-23(27)20-15(4)11-14(3)12-19(20)31-24(21)25(26)28/h8-9,11-13,22H,6-7,10H2,1-5H3. The number of fused-ring (bicyclic) bond motifs is 2. The molecule has 0 radical (unpaired) electrons. The molecule has 1 aliphatic rings. The van der Waals surface area contributed by atoms with Gasteiger partial charge in [0.2, 0.25) is 5.76 Å². The Morgan fingerprint density at radius 3 is 2.52 bits per heavy atom. The zero-order chi connectivity index (χ0) is 22.3. The summed E-state index contributed by atoms with van der Waals surface area (Å²) in [5.74, 6) is 1.06. The van der Waals surface area contributed by atoms with Crippen LogP contribution in [0.25, 0.3) is 11.0 Å². The fourth-order valence-electron chi connectivity index (χ4n) is 4.46. The fourth-order valence-corrected chi connectivity index (χ4v) is 4.46. The van der Waals surface area contributed by atoms with E-state index in [1.807, 2.05) is 58.0 Å². The first-order valence-corrected chi connectivity index (χ1v) is 10.6. The van der Waals surface area contributed by atoms with E-state index in [1.54, 1.807) is 12.0 Å². The lowest BCUT2D eigenvalue weighted by Crippen LogP contribution is -2.30. The van der Waals surface area contributed by atoms with Gasteiger partial charge in [0.15, 0.2) is 16.9 Å². The van der Waals surface area contributed by atoms with E-state index in [0.717, 1.165) is 23.1 Å². The van der Waals surface area contributed by atoms with E-state index >= 15 is 0 Å². The maximum absolute atomic E-state index is 13.7. The van der Waals surface area contributed by atoms with Crippen LogP contribution in [0.15, 0.2) is 39.5 Å². The van der Waals surface area contributed by atoms with Gasteiger partial charge in [-0.1, -0.05) is 19.1 Å². The summed E-state index contributed by atoms with van der Waals surface area (Å²) in [5, 5.41) is 0.526. The van der Waals surface area contributed by atoms with Crippen LogP contribution in [0, 0.1) is 13.8 Å². The molecule has 31 heavy (non-hydrogen) atoms. The molecule has 0 saturated heterocycles. The molecule has 1 unspecified atom stereocenters. The molecule has 6 nitrogen and oxygen atoms in total. The highest BCUT2D eigenvalue weighted by Crippen LogP contribution is 2.41. The average molecular weight is 421 g/mol. The van der Waals surface area contributed by atoms with Crippen molar-refractivity contribution in [3.63, 3.8) is 0 Å². The van der Waals surface area contributed by atoms with Gasteiger partial charge in [0.1, 0.15) is 5.58 Å². The maximum Gasteiger partial charge on any atom is 0.290 e. The largest absolute Gasteiger partial charge is 0.493 e. The number of rotatable bonds is 6. The summed E-state index contributed by atoms with van der Waals surface area (Å²) >= 11 is 0. The molecule has 2 heterocycles. The molecule has 0 bridgehead atoms. The predicted molar refractivity (Wildman–Crippen MR) is 119 cm³/mol. The minimum atomic E-state index is -0.534. The number of hydrogen-bond donors (Lipinski definition) is 0. The zero-order valence-electron chi connectivity index (χ0n) is 18.6. The number of carbonyl (C=O) groups excluding carboxylic acids is 1. The van der Waals surface area contributed by atoms with Gasteiger partial charge in [-0.25, -0.2) is 0 Å². The van der Waals surface area contributed by atoms with Crippen LogP contribution in [-0.2, 0) is 0 Å². The molecular weight excluding hydrogens is 394 g/mol. The Hall–Kier alpha value is -3.28. The second kappa shape index (κ2) is 8.10. The van der Waals surface area contributed by atoms with Crippen LogP contribution in [0.3, 0.4) is 0 Å². The van der Waals surface area contributed by atoms with Gasteiger partial charge in [0, 0.05) is 6.54 Å². The van der Waals surface area contributed by atoms with E-state index in [9.17, 15) is 9.59 Å². The molecule has 1 aromatic heterocycles. The van der Waals surface area contributed by atoms with Crippen LogP contribution in [0.2, 0.25) is 0 Å². The van der Waals surface area contributed by atoms with Crippen LogP contribution < -0.4 is 14.9 Å². The molecular formula is C25H27NO5. The minimum absolute atomic E-state index is 0.133. The molecule has 1 atom stereocenters. The molecule has 2 aromatic carbocycles. The zero-order valence-corrected chi connectivity index (χ0v) is 18.6. The van der Waals surface area contributed by atoms with E-state index < -0.39 is 6.04 Å². The van der Waals surface area contributed by atoms with Crippen molar-refractivity contribution >= 4 is 16.9 Å². The van der Waals surface area contributed by atoms with Crippen molar-refractivity contribution < 1.29 is 18.7 Å². The van der Waals surface area contributed by atoms with E-state index in [2.05, 4.69) is 0 Å². The molecule has 4 rings (SSSR count). The summed E-state index contributed by atoms with van der Waals surface area (Å²) in [6, 6.07) is 8.78. The third kappa shape index (κ3) is 3.36. The van der Waals surface area contributed by atoms with Crippen LogP contribution >= 0.6 is 0 Å². The number of nitrogens with zero attached hydrogens (tertiary/aromatic N) is 1. The van der Waals surface area contributed by atoms with Gasteiger partial charge in [-0.2, -0.15) is 0 Å². The molecule has 0 aliphatic carbocycles. The van der Waals surface area contributed by atoms with Crippen molar-refractivity contribution in [1.82, 2.24) is 4.90 Å². The quantitative estimate of drug-likeness (QED) is 0.573. The van der Waals surface area contributed by atoms with Gasteiger partial charge in [0.25, 0.3) is 5.91 Å². The van der Waals surface area contributed by atoms with Crippen molar-refractivity contribution in [2.24, 2.45) is 0 Å². The van der Waals surface area contributed by atoms with Crippen LogP contribution in [0.4, 0.5) is 0 Å². The number of aryl methyl sites for hydroxylation is 2. The van der Waals surface area contributed by atoms with Crippen molar-refractivity contribution in [2.45, 2.75) is 40.2 Å². The van der Waals surface area contributed by atoms with Crippen LogP contribution in [0.1, 0.15) is 59.1 Å². The molecule has 6 heteroatoms. The lowest BCUT2D eigenvalue weighted by atomic mass is 9.96. The van der Waals surface area contributed by atoms with E-state index in [0.29, 0.717) is 41.2 Å². The van der Waals surface area contributed by atoms with Crippen molar-refractivity contribution in [3.05, 3.63) is 68.6 Å². The summed E-state index contributed by atoms with van der Waals surface area (Å²) in [6.07, 6.45) is 0.760. The van der Waals surface area contributed by atoms with Crippen LogP contribution in [-0.4, -0.2) is 31.1 Å². The smallest absolute Gasteiger partial charge is 0.290 e. The van der Waals surface area contributed by atoms with E-state index in [4.69, 9.17) is 13.9 Å². The van der Waals surface area contributed by atoms with E-state index in [1.165, 1.54) is 0 Å². The first-order valence-electron chi connectivity index (χ1n) is 10.6. The number of benzene rings is 2. The summed E-state index contributed by atoms with van der Waals surface area (Å²) in [7, 11) is 1.58. The first-order chi connectivity index (χ1) is 14.9. The Balaban J connectivity index is 1.98.